The van der Waals surface area contributed by atoms with Crippen LogP contribution in [0.3, 0.4) is 0 Å². The van der Waals surface area contributed by atoms with E-state index in [9.17, 15) is 4.79 Å². The van der Waals surface area contributed by atoms with E-state index >= 15 is 0 Å². The summed E-state index contributed by atoms with van der Waals surface area (Å²) in [5, 5.41) is 8.37. The fourth-order valence-electron chi connectivity index (χ4n) is 3.30. The Morgan fingerprint density at radius 2 is 1.48 bits per heavy atom. The van der Waals surface area contributed by atoms with E-state index in [1.165, 1.54) is 5.56 Å². The van der Waals surface area contributed by atoms with Crippen molar-refractivity contribution in [2.45, 2.75) is 25.4 Å². The summed E-state index contributed by atoms with van der Waals surface area (Å²) in [6.07, 6.45) is 2.78. The van der Waals surface area contributed by atoms with Crippen LogP contribution in [0.5, 0.6) is 0 Å². The lowest BCUT2D eigenvalue weighted by molar-refractivity contribution is 0.0256. The topological polar surface area (TPSA) is 51.0 Å². The standard InChI is InChI=1S/C23H20N2O2/c26-23(27-22-12-6-8-17-7-4-5-11-21(17)22)18-13-15-20(16-14-18)25-24-19-9-2-1-3-10-19/h1-5,7,9-11,13-16,22H,6,8,12H2/t22-/m1/s1. The maximum Gasteiger partial charge on any atom is 0.338 e. The molecule has 0 aromatic heterocycles. The Morgan fingerprint density at radius 3 is 2.26 bits per heavy atom. The first-order chi connectivity index (χ1) is 13.3. The van der Waals surface area contributed by atoms with Gasteiger partial charge in [0, 0.05) is 0 Å². The van der Waals surface area contributed by atoms with Crippen LogP contribution in [0.4, 0.5) is 11.4 Å². The van der Waals surface area contributed by atoms with Crippen molar-refractivity contribution in [2.24, 2.45) is 10.2 Å². The third kappa shape index (κ3) is 4.11. The van der Waals surface area contributed by atoms with Gasteiger partial charge in [-0.25, -0.2) is 4.79 Å². The van der Waals surface area contributed by atoms with Crippen molar-refractivity contribution in [1.29, 1.82) is 0 Å². The highest BCUT2D eigenvalue weighted by molar-refractivity contribution is 5.89. The second-order valence-electron chi connectivity index (χ2n) is 6.57. The Morgan fingerprint density at radius 1 is 0.815 bits per heavy atom. The maximum atomic E-state index is 12.5. The van der Waals surface area contributed by atoms with Gasteiger partial charge in [0.15, 0.2) is 0 Å². The minimum atomic E-state index is -0.303. The predicted molar refractivity (Wildman–Crippen MR) is 105 cm³/mol. The number of esters is 1. The molecule has 0 N–H and O–H groups in total. The molecule has 4 nitrogen and oxygen atoms in total. The summed E-state index contributed by atoms with van der Waals surface area (Å²) >= 11 is 0. The van der Waals surface area contributed by atoms with Crippen LogP contribution in [0.25, 0.3) is 0 Å². The molecule has 27 heavy (non-hydrogen) atoms. The maximum absolute atomic E-state index is 12.5. The van der Waals surface area contributed by atoms with Gasteiger partial charge >= 0.3 is 5.97 Å². The van der Waals surface area contributed by atoms with E-state index in [2.05, 4.69) is 22.4 Å². The molecule has 4 rings (SSSR count). The molecule has 0 spiro atoms. The molecule has 3 aromatic carbocycles. The van der Waals surface area contributed by atoms with Crippen molar-refractivity contribution < 1.29 is 9.53 Å². The van der Waals surface area contributed by atoms with E-state index in [4.69, 9.17) is 4.74 Å². The number of carbonyl (C=O) groups excluding carboxylic acids is 1. The Bertz CT molecular complexity index is 950. The van der Waals surface area contributed by atoms with Crippen LogP contribution in [0.1, 0.15) is 40.4 Å². The van der Waals surface area contributed by atoms with Gasteiger partial charge in [-0.3, -0.25) is 0 Å². The zero-order chi connectivity index (χ0) is 18.5. The molecule has 0 saturated heterocycles. The first-order valence-corrected chi connectivity index (χ1v) is 9.15. The second-order valence-corrected chi connectivity index (χ2v) is 6.57. The van der Waals surface area contributed by atoms with Crippen LogP contribution < -0.4 is 0 Å². The van der Waals surface area contributed by atoms with Crippen molar-refractivity contribution >= 4 is 17.3 Å². The van der Waals surface area contributed by atoms with Gasteiger partial charge in [-0.2, -0.15) is 10.2 Å². The molecule has 0 radical (unpaired) electrons. The monoisotopic (exact) mass is 356 g/mol. The first-order valence-electron chi connectivity index (χ1n) is 9.15. The number of hydrogen-bond donors (Lipinski definition) is 0. The molecule has 3 aromatic rings. The van der Waals surface area contributed by atoms with Crippen LogP contribution >= 0.6 is 0 Å². The fourth-order valence-corrected chi connectivity index (χ4v) is 3.30. The minimum absolute atomic E-state index is 0.167. The van der Waals surface area contributed by atoms with Gasteiger partial charge in [0.25, 0.3) is 0 Å². The van der Waals surface area contributed by atoms with E-state index in [1.807, 2.05) is 42.5 Å². The average molecular weight is 356 g/mol. The Hall–Kier alpha value is -3.27. The van der Waals surface area contributed by atoms with Crippen molar-refractivity contribution in [3.63, 3.8) is 0 Å². The van der Waals surface area contributed by atoms with E-state index in [0.29, 0.717) is 11.3 Å². The van der Waals surface area contributed by atoms with E-state index in [0.717, 1.165) is 30.5 Å². The smallest absolute Gasteiger partial charge is 0.338 e. The zero-order valence-corrected chi connectivity index (χ0v) is 14.9. The van der Waals surface area contributed by atoms with Crippen LogP contribution in [0.2, 0.25) is 0 Å². The largest absolute Gasteiger partial charge is 0.454 e. The normalized spacial score (nSPS) is 16.1. The van der Waals surface area contributed by atoms with Crippen LogP contribution in [-0.4, -0.2) is 5.97 Å². The molecule has 0 saturated carbocycles. The summed E-state index contributed by atoms with van der Waals surface area (Å²) in [6.45, 7) is 0. The van der Waals surface area contributed by atoms with Crippen molar-refractivity contribution in [2.75, 3.05) is 0 Å². The lowest BCUT2D eigenvalue weighted by atomic mass is 9.89. The van der Waals surface area contributed by atoms with Gasteiger partial charge in [-0.1, -0.05) is 42.5 Å². The number of hydrogen-bond acceptors (Lipinski definition) is 4. The molecule has 1 aliphatic rings. The predicted octanol–water partition coefficient (Wildman–Crippen LogP) is 6.34. The fraction of sp³-hybridized carbons (Fsp3) is 0.174. The number of azo groups is 1. The Balaban J connectivity index is 1.44. The van der Waals surface area contributed by atoms with Crippen LogP contribution in [0, 0.1) is 0 Å². The van der Waals surface area contributed by atoms with Gasteiger partial charge in [-0.05, 0) is 66.8 Å². The molecular formula is C23H20N2O2. The van der Waals surface area contributed by atoms with Crippen molar-refractivity contribution in [3.8, 4) is 0 Å². The molecule has 0 heterocycles. The Labute approximate surface area is 158 Å². The van der Waals surface area contributed by atoms with Crippen LogP contribution in [0.15, 0.2) is 89.1 Å². The highest BCUT2D eigenvalue weighted by atomic mass is 16.5. The average Bonchev–Trinajstić information content (AvgIpc) is 2.74. The molecule has 0 bridgehead atoms. The number of ether oxygens (including phenoxy) is 1. The molecular weight excluding hydrogens is 336 g/mol. The van der Waals surface area contributed by atoms with E-state index < -0.39 is 0 Å². The quantitative estimate of drug-likeness (QED) is 0.405. The summed E-state index contributed by atoms with van der Waals surface area (Å²) < 4.78 is 5.78. The molecule has 0 aliphatic heterocycles. The lowest BCUT2D eigenvalue weighted by Crippen LogP contribution is -2.16. The third-order valence-corrected chi connectivity index (χ3v) is 4.70. The van der Waals surface area contributed by atoms with Gasteiger partial charge in [0.1, 0.15) is 6.10 Å². The van der Waals surface area contributed by atoms with Crippen molar-refractivity contribution in [1.82, 2.24) is 0 Å². The van der Waals surface area contributed by atoms with Gasteiger partial charge < -0.3 is 4.74 Å². The summed E-state index contributed by atoms with van der Waals surface area (Å²) in [7, 11) is 0. The van der Waals surface area contributed by atoms with Gasteiger partial charge in [-0.15, -0.1) is 0 Å². The summed E-state index contributed by atoms with van der Waals surface area (Å²) in [4.78, 5) is 12.5. The number of rotatable bonds is 4. The summed E-state index contributed by atoms with van der Waals surface area (Å²) in [5.74, 6) is -0.303. The van der Waals surface area contributed by atoms with E-state index in [-0.39, 0.29) is 12.1 Å². The summed E-state index contributed by atoms with van der Waals surface area (Å²) in [6, 6.07) is 24.7. The number of aryl methyl sites for hydroxylation is 1. The Kier molecular flexibility index (Phi) is 5.06. The molecule has 4 heteroatoms. The molecule has 0 amide bonds. The van der Waals surface area contributed by atoms with Gasteiger partial charge in [0.05, 0.1) is 16.9 Å². The summed E-state index contributed by atoms with van der Waals surface area (Å²) in [5.41, 5.74) is 4.41. The zero-order valence-electron chi connectivity index (χ0n) is 14.9. The molecule has 0 unspecified atom stereocenters. The molecule has 1 atom stereocenters. The first kappa shape index (κ1) is 17.2. The lowest BCUT2D eigenvalue weighted by Gasteiger charge is -2.25. The number of carbonyl (C=O) groups is 1. The molecule has 1 aliphatic carbocycles. The minimum Gasteiger partial charge on any atom is -0.454 e. The highest BCUT2D eigenvalue weighted by Gasteiger charge is 2.23. The van der Waals surface area contributed by atoms with Gasteiger partial charge in [0.2, 0.25) is 0 Å². The third-order valence-electron chi connectivity index (χ3n) is 4.70. The van der Waals surface area contributed by atoms with E-state index in [1.54, 1.807) is 24.3 Å². The second kappa shape index (κ2) is 7.96. The highest BCUT2D eigenvalue weighted by Crippen LogP contribution is 2.33. The van der Waals surface area contributed by atoms with Crippen molar-refractivity contribution in [3.05, 3.63) is 95.6 Å². The number of nitrogens with zero attached hydrogens (tertiary/aromatic N) is 2. The molecule has 134 valence electrons. The van der Waals surface area contributed by atoms with Crippen LogP contribution in [-0.2, 0) is 11.2 Å². The number of fused-ring (bicyclic) bond motifs is 1. The number of benzene rings is 3. The molecule has 0 fully saturated rings. The SMILES string of the molecule is O=C(O[C@@H]1CCCc2ccccc21)c1ccc(N=Nc2ccccc2)cc1.